The number of primary amides is 1. The Morgan fingerprint density at radius 2 is 2.16 bits per heavy atom. The first-order valence-electron chi connectivity index (χ1n) is 6.15. The van der Waals surface area contributed by atoms with Crippen molar-refractivity contribution in [3.63, 3.8) is 0 Å². The number of nitrogens with zero attached hydrogens (tertiary/aromatic N) is 2. The van der Waals surface area contributed by atoms with E-state index in [1.54, 1.807) is 13.0 Å². The number of halogens is 1. The van der Waals surface area contributed by atoms with E-state index in [1.165, 1.54) is 11.1 Å². The van der Waals surface area contributed by atoms with E-state index >= 15 is 0 Å². The van der Waals surface area contributed by atoms with Crippen molar-refractivity contribution < 1.29 is 9.59 Å². The number of pyridine rings is 1. The lowest BCUT2D eigenvalue weighted by molar-refractivity contribution is -0.118. The third-order valence-corrected chi connectivity index (χ3v) is 2.95. The fourth-order valence-electron chi connectivity index (χ4n) is 1.64. The molecule has 0 fully saturated rings. The summed E-state index contributed by atoms with van der Waals surface area (Å²) in [6.07, 6.45) is 3.15. The maximum atomic E-state index is 12.3. The standard InChI is InChI=1S/C13H18ClN3O2/c1-3-4-5-17(8-12(15)18)13(19)10-7-16-9(2)6-11(10)14/h6-7H,3-5,8H2,1-2H3,(H2,15,18). The summed E-state index contributed by atoms with van der Waals surface area (Å²) in [5.74, 6) is -0.856. The number of carbonyl (C=O) groups excluding carboxylic acids is 2. The molecule has 1 aromatic heterocycles. The molecular weight excluding hydrogens is 266 g/mol. The second-order valence-corrected chi connectivity index (χ2v) is 4.76. The first kappa shape index (κ1) is 15.4. The summed E-state index contributed by atoms with van der Waals surface area (Å²) >= 11 is 6.04. The maximum Gasteiger partial charge on any atom is 0.257 e. The molecule has 1 rings (SSSR count). The van der Waals surface area contributed by atoms with E-state index in [0.717, 1.165) is 18.5 Å². The van der Waals surface area contributed by atoms with E-state index in [0.29, 0.717) is 17.1 Å². The Labute approximate surface area is 117 Å². The van der Waals surface area contributed by atoms with Gasteiger partial charge in [0.15, 0.2) is 0 Å². The summed E-state index contributed by atoms with van der Waals surface area (Å²) in [5, 5.41) is 0.337. The van der Waals surface area contributed by atoms with Gasteiger partial charge in [0.25, 0.3) is 5.91 Å². The topological polar surface area (TPSA) is 76.3 Å². The van der Waals surface area contributed by atoms with Gasteiger partial charge in [0, 0.05) is 18.4 Å². The quantitative estimate of drug-likeness (QED) is 0.864. The molecule has 0 radical (unpaired) electrons. The van der Waals surface area contributed by atoms with E-state index < -0.39 is 5.91 Å². The van der Waals surface area contributed by atoms with Crippen LogP contribution in [-0.4, -0.2) is 34.8 Å². The van der Waals surface area contributed by atoms with Crippen molar-refractivity contribution >= 4 is 23.4 Å². The van der Waals surface area contributed by atoms with Gasteiger partial charge < -0.3 is 10.6 Å². The molecule has 0 aromatic carbocycles. The first-order chi connectivity index (χ1) is 8.95. The number of hydrogen-bond acceptors (Lipinski definition) is 3. The lowest BCUT2D eigenvalue weighted by atomic mass is 10.2. The predicted octanol–water partition coefficient (Wildman–Crippen LogP) is 1.77. The number of aryl methyl sites for hydroxylation is 1. The van der Waals surface area contributed by atoms with Crippen molar-refractivity contribution in [2.24, 2.45) is 5.73 Å². The van der Waals surface area contributed by atoms with E-state index in [-0.39, 0.29) is 12.5 Å². The van der Waals surface area contributed by atoms with Crippen LogP contribution in [0.4, 0.5) is 0 Å². The van der Waals surface area contributed by atoms with Crippen molar-refractivity contribution in [2.75, 3.05) is 13.1 Å². The second-order valence-electron chi connectivity index (χ2n) is 4.35. The molecule has 0 saturated carbocycles. The van der Waals surface area contributed by atoms with Crippen molar-refractivity contribution in [1.29, 1.82) is 0 Å². The number of unbranched alkanes of at least 4 members (excludes halogenated alkanes) is 1. The van der Waals surface area contributed by atoms with Gasteiger partial charge in [-0.1, -0.05) is 24.9 Å². The number of hydrogen-bond donors (Lipinski definition) is 1. The molecule has 1 aromatic rings. The second kappa shape index (κ2) is 7.09. The number of nitrogens with two attached hydrogens (primary N) is 1. The van der Waals surface area contributed by atoms with Crippen LogP contribution in [-0.2, 0) is 4.79 Å². The highest BCUT2D eigenvalue weighted by molar-refractivity contribution is 6.33. The van der Waals surface area contributed by atoms with Gasteiger partial charge >= 0.3 is 0 Å². The Morgan fingerprint density at radius 1 is 1.47 bits per heavy atom. The summed E-state index contributed by atoms with van der Waals surface area (Å²) in [7, 11) is 0. The summed E-state index contributed by atoms with van der Waals surface area (Å²) in [6, 6.07) is 1.62. The normalized spacial score (nSPS) is 10.3. The zero-order chi connectivity index (χ0) is 14.4. The molecule has 0 aliphatic rings. The van der Waals surface area contributed by atoms with Gasteiger partial charge in [0.2, 0.25) is 5.91 Å². The van der Waals surface area contributed by atoms with Crippen molar-refractivity contribution in [3.05, 3.63) is 28.5 Å². The van der Waals surface area contributed by atoms with Crippen LogP contribution in [0.3, 0.4) is 0 Å². The van der Waals surface area contributed by atoms with Crippen LogP contribution < -0.4 is 5.73 Å². The van der Waals surface area contributed by atoms with Crippen LogP contribution in [0.15, 0.2) is 12.3 Å². The monoisotopic (exact) mass is 283 g/mol. The van der Waals surface area contributed by atoms with Crippen molar-refractivity contribution in [1.82, 2.24) is 9.88 Å². The zero-order valence-electron chi connectivity index (χ0n) is 11.1. The molecule has 2 amide bonds. The Morgan fingerprint density at radius 3 is 2.68 bits per heavy atom. The van der Waals surface area contributed by atoms with Crippen LogP contribution in [0.5, 0.6) is 0 Å². The average molecular weight is 284 g/mol. The third-order valence-electron chi connectivity index (χ3n) is 2.64. The van der Waals surface area contributed by atoms with E-state index in [9.17, 15) is 9.59 Å². The number of carbonyl (C=O) groups is 2. The van der Waals surface area contributed by atoms with Gasteiger partial charge in [-0.25, -0.2) is 0 Å². The maximum absolute atomic E-state index is 12.3. The van der Waals surface area contributed by atoms with Gasteiger partial charge in [-0.2, -0.15) is 0 Å². The molecule has 104 valence electrons. The van der Waals surface area contributed by atoms with Gasteiger partial charge in [-0.15, -0.1) is 0 Å². The minimum absolute atomic E-state index is 0.108. The minimum Gasteiger partial charge on any atom is -0.368 e. The van der Waals surface area contributed by atoms with E-state index in [1.807, 2.05) is 6.92 Å². The summed E-state index contributed by atoms with van der Waals surface area (Å²) in [6.45, 7) is 4.16. The van der Waals surface area contributed by atoms with Gasteiger partial charge in [-0.3, -0.25) is 14.6 Å². The van der Waals surface area contributed by atoms with Crippen molar-refractivity contribution in [2.45, 2.75) is 26.7 Å². The lowest BCUT2D eigenvalue weighted by Crippen LogP contribution is -2.39. The molecule has 5 nitrogen and oxygen atoms in total. The Kier molecular flexibility index (Phi) is 5.76. The molecule has 0 bridgehead atoms. The smallest absolute Gasteiger partial charge is 0.257 e. The summed E-state index contributed by atoms with van der Waals surface area (Å²) in [5.41, 5.74) is 6.19. The molecular formula is C13H18ClN3O2. The minimum atomic E-state index is -0.541. The highest BCUT2D eigenvalue weighted by Crippen LogP contribution is 2.18. The molecule has 1 heterocycles. The molecule has 6 heteroatoms. The Balaban J connectivity index is 2.93. The highest BCUT2D eigenvalue weighted by Gasteiger charge is 2.20. The van der Waals surface area contributed by atoms with E-state index in [2.05, 4.69) is 4.98 Å². The fraction of sp³-hybridized carbons (Fsp3) is 0.462. The summed E-state index contributed by atoms with van der Waals surface area (Å²) < 4.78 is 0. The molecule has 0 spiro atoms. The fourth-order valence-corrected chi connectivity index (χ4v) is 1.93. The third kappa shape index (κ3) is 4.52. The predicted molar refractivity (Wildman–Crippen MR) is 74.0 cm³/mol. The van der Waals surface area contributed by atoms with Crippen LogP contribution in [0.1, 0.15) is 35.8 Å². The van der Waals surface area contributed by atoms with E-state index in [4.69, 9.17) is 17.3 Å². The molecule has 0 atom stereocenters. The van der Waals surface area contributed by atoms with Crippen LogP contribution >= 0.6 is 11.6 Å². The average Bonchev–Trinajstić information content (AvgIpc) is 2.33. The number of rotatable bonds is 6. The largest absolute Gasteiger partial charge is 0.368 e. The van der Waals surface area contributed by atoms with Gasteiger partial charge in [0.1, 0.15) is 0 Å². The zero-order valence-corrected chi connectivity index (χ0v) is 11.9. The van der Waals surface area contributed by atoms with Crippen molar-refractivity contribution in [3.8, 4) is 0 Å². The molecule has 0 aliphatic carbocycles. The Bertz CT molecular complexity index is 477. The van der Waals surface area contributed by atoms with Gasteiger partial charge in [0.05, 0.1) is 17.1 Å². The number of amides is 2. The molecule has 0 aliphatic heterocycles. The SMILES string of the molecule is CCCCN(CC(N)=O)C(=O)c1cnc(C)cc1Cl. The highest BCUT2D eigenvalue weighted by atomic mass is 35.5. The van der Waals surface area contributed by atoms with Crippen LogP contribution in [0.2, 0.25) is 5.02 Å². The lowest BCUT2D eigenvalue weighted by Gasteiger charge is -2.21. The molecule has 0 unspecified atom stereocenters. The van der Waals surface area contributed by atoms with Gasteiger partial charge in [-0.05, 0) is 19.4 Å². The van der Waals surface area contributed by atoms with Crippen LogP contribution in [0, 0.1) is 6.92 Å². The molecule has 19 heavy (non-hydrogen) atoms. The first-order valence-corrected chi connectivity index (χ1v) is 6.53. The summed E-state index contributed by atoms with van der Waals surface area (Å²) in [4.78, 5) is 28.8. The number of aromatic nitrogens is 1. The molecule has 2 N–H and O–H groups in total. The molecule has 0 saturated heterocycles. The Hall–Kier alpha value is -1.62. The van der Waals surface area contributed by atoms with Crippen LogP contribution in [0.25, 0.3) is 0 Å².